The second-order valence-corrected chi connectivity index (χ2v) is 5.61. The molecule has 24 heavy (non-hydrogen) atoms. The first-order chi connectivity index (χ1) is 11.7. The van der Waals surface area contributed by atoms with Crippen LogP contribution in [0, 0.1) is 0 Å². The van der Waals surface area contributed by atoms with Gasteiger partial charge in [0.25, 0.3) is 0 Å². The minimum Gasteiger partial charge on any atom is -0.392 e. The van der Waals surface area contributed by atoms with E-state index in [2.05, 4.69) is 28.2 Å². The van der Waals surface area contributed by atoms with E-state index in [0.29, 0.717) is 6.54 Å². The van der Waals surface area contributed by atoms with Crippen LogP contribution in [0.4, 0.5) is 10.5 Å². The lowest BCUT2D eigenvalue weighted by Gasteiger charge is -2.11. The SMILES string of the molecule is CCn1ccc2ccc(NC(=O)NCc3ccccc3CO)cc21. The number of benzene rings is 2. The minimum absolute atomic E-state index is 0.0376. The number of aryl methyl sites for hydroxylation is 1. The average Bonchev–Trinajstić information content (AvgIpc) is 3.02. The molecule has 0 saturated carbocycles. The number of nitrogens with one attached hydrogen (secondary N) is 2. The fourth-order valence-corrected chi connectivity index (χ4v) is 2.77. The molecule has 0 radical (unpaired) electrons. The van der Waals surface area contributed by atoms with E-state index in [9.17, 15) is 9.90 Å². The Morgan fingerprint density at radius 1 is 1.12 bits per heavy atom. The molecule has 2 amide bonds. The van der Waals surface area contributed by atoms with E-state index in [1.165, 1.54) is 0 Å². The van der Waals surface area contributed by atoms with Crippen molar-refractivity contribution in [3.05, 3.63) is 65.9 Å². The zero-order valence-corrected chi connectivity index (χ0v) is 13.6. The summed E-state index contributed by atoms with van der Waals surface area (Å²) >= 11 is 0. The van der Waals surface area contributed by atoms with E-state index in [1.807, 2.05) is 48.7 Å². The zero-order valence-electron chi connectivity index (χ0n) is 13.6. The number of carbonyl (C=O) groups excluding carboxylic acids is 1. The lowest BCUT2D eigenvalue weighted by molar-refractivity contribution is 0.251. The molecule has 0 fully saturated rings. The fraction of sp³-hybridized carbons (Fsp3) is 0.211. The van der Waals surface area contributed by atoms with E-state index < -0.39 is 0 Å². The van der Waals surface area contributed by atoms with Crippen molar-refractivity contribution in [2.75, 3.05) is 5.32 Å². The Hall–Kier alpha value is -2.79. The molecule has 3 rings (SSSR count). The molecular weight excluding hydrogens is 302 g/mol. The molecule has 0 aliphatic heterocycles. The normalized spacial score (nSPS) is 10.8. The molecule has 3 aromatic rings. The van der Waals surface area contributed by atoms with Crippen molar-refractivity contribution >= 4 is 22.6 Å². The maximum atomic E-state index is 12.1. The molecule has 0 aliphatic carbocycles. The molecule has 5 nitrogen and oxygen atoms in total. The van der Waals surface area contributed by atoms with Crippen molar-refractivity contribution in [2.45, 2.75) is 26.6 Å². The second kappa shape index (κ2) is 7.19. The topological polar surface area (TPSA) is 66.3 Å². The Kier molecular flexibility index (Phi) is 4.82. The van der Waals surface area contributed by atoms with Crippen molar-refractivity contribution in [3.8, 4) is 0 Å². The first-order valence-electron chi connectivity index (χ1n) is 8.02. The van der Waals surface area contributed by atoms with Gasteiger partial charge in [0.05, 0.1) is 12.1 Å². The molecule has 0 atom stereocenters. The van der Waals surface area contributed by atoms with Crippen molar-refractivity contribution < 1.29 is 9.90 Å². The number of amides is 2. The molecule has 1 aromatic heterocycles. The van der Waals surface area contributed by atoms with Crippen LogP contribution in [0.15, 0.2) is 54.7 Å². The van der Waals surface area contributed by atoms with Gasteiger partial charge in [-0.25, -0.2) is 4.79 Å². The summed E-state index contributed by atoms with van der Waals surface area (Å²) in [5.41, 5.74) is 3.58. The van der Waals surface area contributed by atoms with Gasteiger partial charge in [0, 0.05) is 25.0 Å². The summed E-state index contributed by atoms with van der Waals surface area (Å²) in [6.07, 6.45) is 2.04. The molecular formula is C19H21N3O2. The Labute approximate surface area is 140 Å². The number of hydrogen-bond donors (Lipinski definition) is 3. The predicted octanol–water partition coefficient (Wildman–Crippen LogP) is 3.48. The second-order valence-electron chi connectivity index (χ2n) is 5.61. The maximum absolute atomic E-state index is 12.1. The Bertz CT molecular complexity index is 855. The van der Waals surface area contributed by atoms with Crippen molar-refractivity contribution in [3.63, 3.8) is 0 Å². The van der Waals surface area contributed by atoms with Crippen molar-refractivity contribution in [2.24, 2.45) is 0 Å². The average molecular weight is 323 g/mol. The predicted molar refractivity (Wildman–Crippen MR) is 95.8 cm³/mol. The van der Waals surface area contributed by atoms with Crippen LogP contribution in [0.3, 0.4) is 0 Å². The number of carbonyl (C=O) groups is 1. The molecule has 3 N–H and O–H groups in total. The maximum Gasteiger partial charge on any atom is 0.319 e. The molecule has 124 valence electrons. The van der Waals surface area contributed by atoms with E-state index >= 15 is 0 Å². The summed E-state index contributed by atoms with van der Waals surface area (Å²) in [5, 5.41) is 16.2. The van der Waals surface area contributed by atoms with E-state index in [-0.39, 0.29) is 12.6 Å². The zero-order chi connectivity index (χ0) is 16.9. The number of hydrogen-bond acceptors (Lipinski definition) is 2. The third-order valence-corrected chi connectivity index (χ3v) is 4.10. The van der Waals surface area contributed by atoms with Gasteiger partial charge < -0.3 is 20.3 Å². The number of anilines is 1. The molecule has 0 unspecified atom stereocenters. The van der Waals surface area contributed by atoms with Gasteiger partial charge in [-0.1, -0.05) is 30.3 Å². The van der Waals surface area contributed by atoms with Gasteiger partial charge in [-0.2, -0.15) is 0 Å². The van der Waals surface area contributed by atoms with Crippen LogP contribution in [0.2, 0.25) is 0 Å². The van der Waals surface area contributed by atoms with Crippen molar-refractivity contribution in [1.82, 2.24) is 9.88 Å². The fourth-order valence-electron chi connectivity index (χ4n) is 2.77. The van der Waals surface area contributed by atoms with Gasteiger partial charge in [0.15, 0.2) is 0 Å². The van der Waals surface area contributed by atoms with Crippen LogP contribution in [0.1, 0.15) is 18.1 Å². The monoisotopic (exact) mass is 323 g/mol. The summed E-state index contributed by atoms with van der Waals surface area (Å²) < 4.78 is 2.13. The van der Waals surface area contributed by atoms with Gasteiger partial charge in [0.2, 0.25) is 0 Å². The number of aliphatic hydroxyl groups is 1. The largest absolute Gasteiger partial charge is 0.392 e. The van der Waals surface area contributed by atoms with Crippen LogP contribution in [-0.4, -0.2) is 15.7 Å². The number of fused-ring (bicyclic) bond motifs is 1. The molecule has 0 aliphatic rings. The van der Waals surface area contributed by atoms with E-state index in [4.69, 9.17) is 0 Å². The molecule has 2 aromatic carbocycles. The smallest absolute Gasteiger partial charge is 0.319 e. The number of nitrogens with zero attached hydrogens (tertiary/aromatic N) is 1. The van der Waals surface area contributed by atoms with Crippen LogP contribution in [-0.2, 0) is 19.7 Å². The van der Waals surface area contributed by atoms with Crippen molar-refractivity contribution in [1.29, 1.82) is 0 Å². The molecule has 0 saturated heterocycles. The highest BCUT2D eigenvalue weighted by atomic mass is 16.3. The highest BCUT2D eigenvalue weighted by Gasteiger charge is 2.06. The van der Waals surface area contributed by atoms with Crippen LogP contribution < -0.4 is 10.6 Å². The number of urea groups is 1. The third-order valence-electron chi connectivity index (χ3n) is 4.10. The van der Waals surface area contributed by atoms with E-state index in [0.717, 1.165) is 34.3 Å². The molecule has 0 bridgehead atoms. The number of aromatic nitrogens is 1. The standard InChI is InChI=1S/C19H21N3O2/c1-2-22-10-9-14-7-8-17(11-18(14)22)21-19(24)20-12-15-5-3-4-6-16(15)13-23/h3-11,23H,2,12-13H2,1H3,(H2,20,21,24). The lowest BCUT2D eigenvalue weighted by atomic mass is 10.1. The third kappa shape index (κ3) is 3.41. The van der Waals surface area contributed by atoms with Gasteiger partial charge in [-0.05, 0) is 41.6 Å². The summed E-state index contributed by atoms with van der Waals surface area (Å²) in [7, 11) is 0. The molecule has 0 spiro atoms. The lowest BCUT2D eigenvalue weighted by Crippen LogP contribution is -2.28. The quantitative estimate of drug-likeness (QED) is 0.673. The first kappa shape index (κ1) is 16.1. The number of rotatable bonds is 5. The van der Waals surface area contributed by atoms with E-state index in [1.54, 1.807) is 0 Å². The Morgan fingerprint density at radius 2 is 1.92 bits per heavy atom. The number of aliphatic hydroxyl groups excluding tert-OH is 1. The van der Waals surface area contributed by atoms with Crippen LogP contribution in [0.25, 0.3) is 10.9 Å². The van der Waals surface area contributed by atoms with Gasteiger partial charge in [-0.3, -0.25) is 0 Å². The highest BCUT2D eigenvalue weighted by Crippen LogP contribution is 2.20. The minimum atomic E-state index is -0.267. The summed E-state index contributed by atoms with van der Waals surface area (Å²) in [6, 6.07) is 15.2. The molecule has 5 heteroatoms. The summed E-state index contributed by atoms with van der Waals surface area (Å²) in [5.74, 6) is 0. The van der Waals surface area contributed by atoms with Crippen LogP contribution in [0.5, 0.6) is 0 Å². The summed E-state index contributed by atoms with van der Waals surface area (Å²) in [4.78, 5) is 12.1. The Morgan fingerprint density at radius 3 is 2.67 bits per heavy atom. The first-order valence-corrected chi connectivity index (χ1v) is 8.02. The summed E-state index contributed by atoms with van der Waals surface area (Å²) in [6.45, 7) is 3.31. The van der Waals surface area contributed by atoms with Gasteiger partial charge >= 0.3 is 6.03 Å². The Balaban J connectivity index is 1.66. The van der Waals surface area contributed by atoms with Crippen LogP contribution >= 0.6 is 0 Å². The van der Waals surface area contributed by atoms with Gasteiger partial charge in [0.1, 0.15) is 0 Å². The van der Waals surface area contributed by atoms with Gasteiger partial charge in [-0.15, -0.1) is 0 Å². The highest BCUT2D eigenvalue weighted by molar-refractivity contribution is 5.92. The molecule has 1 heterocycles.